The molecule has 0 aliphatic heterocycles. The van der Waals surface area contributed by atoms with Crippen LogP contribution in [-0.4, -0.2) is 96.7 Å². The number of allylic oxidation sites excluding steroid dienone is 8. The number of rotatable bonds is 72. The van der Waals surface area contributed by atoms with E-state index in [2.05, 4.69) is 76.3 Å². The van der Waals surface area contributed by atoms with Gasteiger partial charge in [-0.1, -0.05) is 243 Å². The van der Waals surface area contributed by atoms with Gasteiger partial charge in [0.2, 0.25) is 0 Å². The molecule has 550 valence electrons. The van der Waals surface area contributed by atoms with Gasteiger partial charge in [0.1, 0.15) is 19.3 Å². The van der Waals surface area contributed by atoms with Crippen LogP contribution in [0.1, 0.15) is 349 Å². The van der Waals surface area contributed by atoms with Gasteiger partial charge < -0.3 is 33.8 Å². The Morgan fingerprint density at radius 2 is 0.489 bits per heavy atom. The summed E-state index contributed by atoms with van der Waals surface area (Å²) < 4.78 is 68.4. The number of hydrogen-bond acceptors (Lipinski definition) is 15. The lowest BCUT2D eigenvalue weighted by Crippen LogP contribution is -2.30. The molecule has 5 unspecified atom stereocenters. The Morgan fingerprint density at radius 1 is 0.287 bits per heavy atom. The van der Waals surface area contributed by atoms with Gasteiger partial charge in [-0.25, -0.2) is 9.13 Å². The van der Waals surface area contributed by atoms with E-state index in [1.165, 1.54) is 116 Å². The molecule has 0 rings (SSSR count). The van der Waals surface area contributed by atoms with E-state index >= 15 is 0 Å². The minimum Gasteiger partial charge on any atom is -0.462 e. The maximum Gasteiger partial charge on any atom is 0.472 e. The summed E-state index contributed by atoms with van der Waals surface area (Å²) in [4.78, 5) is 72.7. The maximum atomic E-state index is 13.1. The standard InChI is InChI=1S/C75H138O17P2/c1-5-9-13-17-21-25-29-33-34-38-42-46-50-54-58-62-75(80)92-71(66-86-73(78)60-56-52-48-44-40-36-31-27-23-19-15-11-7-3)68-90-94(83,84)88-64-69(76)63-87-93(81,82)89-67-70(91-74(79)61-57-53-49-45-41-37-32-28-24-20-16-12-8-4)65-85-72(77)59-55-51-47-43-39-35-30-26-22-18-14-10-6-2/h26-28,30-34,69-71,76H,5-25,29,35-68H2,1-4H3,(H,81,82)(H,83,84)/b30-26-,31-27-,32-28-,34-33-. The van der Waals surface area contributed by atoms with Gasteiger partial charge in [0.05, 0.1) is 26.4 Å². The molecule has 0 aromatic carbocycles. The van der Waals surface area contributed by atoms with E-state index in [1.54, 1.807) is 0 Å². The van der Waals surface area contributed by atoms with Crippen molar-refractivity contribution in [1.29, 1.82) is 0 Å². The van der Waals surface area contributed by atoms with E-state index in [-0.39, 0.29) is 25.7 Å². The van der Waals surface area contributed by atoms with E-state index in [9.17, 15) is 43.2 Å². The summed E-state index contributed by atoms with van der Waals surface area (Å²) in [6.45, 7) is 4.83. The molecular weight excluding hydrogens is 1230 g/mol. The molecule has 94 heavy (non-hydrogen) atoms. The molecule has 19 heteroatoms. The summed E-state index contributed by atoms with van der Waals surface area (Å²) >= 11 is 0. The summed E-state index contributed by atoms with van der Waals surface area (Å²) in [5, 5.41) is 10.6. The van der Waals surface area contributed by atoms with Gasteiger partial charge in [-0.05, 0) is 128 Å². The van der Waals surface area contributed by atoms with E-state index in [0.717, 1.165) is 154 Å². The van der Waals surface area contributed by atoms with E-state index < -0.39 is 97.5 Å². The van der Waals surface area contributed by atoms with Crippen LogP contribution < -0.4 is 0 Å². The Labute approximate surface area is 572 Å². The number of ether oxygens (including phenoxy) is 4. The molecule has 0 spiro atoms. The molecule has 0 saturated carbocycles. The highest BCUT2D eigenvalue weighted by Gasteiger charge is 2.30. The number of aliphatic hydroxyl groups is 1. The second-order valence-corrected chi connectivity index (χ2v) is 28.5. The van der Waals surface area contributed by atoms with Gasteiger partial charge in [0.25, 0.3) is 0 Å². The first-order chi connectivity index (χ1) is 45.7. The van der Waals surface area contributed by atoms with Crippen LogP contribution >= 0.6 is 15.6 Å². The molecule has 0 radical (unpaired) electrons. The van der Waals surface area contributed by atoms with Crippen LogP contribution in [0.4, 0.5) is 0 Å². The monoisotopic (exact) mass is 1370 g/mol. The van der Waals surface area contributed by atoms with Crippen LogP contribution in [-0.2, 0) is 65.4 Å². The molecule has 0 heterocycles. The first-order valence-electron chi connectivity index (χ1n) is 37.9. The van der Waals surface area contributed by atoms with Crippen molar-refractivity contribution in [3.05, 3.63) is 48.6 Å². The molecule has 0 saturated heterocycles. The van der Waals surface area contributed by atoms with Crippen LogP contribution in [0.3, 0.4) is 0 Å². The fourth-order valence-corrected chi connectivity index (χ4v) is 12.0. The fourth-order valence-electron chi connectivity index (χ4n) is 10.4. The van der Waals surface area contributed by atoms with Crippen molar-refractivity contribution in [1.82, 2.24) is 0 Å². The zero-order chi connectivity index (χ0) is 69.0. The smallest absolute Gasteiger partial charge is 0.462 e. The van der Waals surface area contributed by atoms with E-state index in [4.69, 9.17) is 37.0 Å². The highest BCUT2D eigenvalue weighted by molar-refractivity contribution is 7.47. The third kappa shape index (κ3) is 67.6. The van der Waals surface area contributed by atoms with E-state index in [1.807, 2.05) is 0 Å². The highest BCUT2D eigenvalue weighted by atomic mass is 31.2. The lowest BCUT2D eigenvalue weighted by Gasteiger charge is -2.21. The maximum absolute atomic E-state index is 13.1. The predicted octanol–water partition coefficient (Wildman–Crippen LogP) is 21.3. The Balaban J connectivity index is 5.33. The number of unbranched alkanes of at least 4 members (excludes halogenated alkanes) is 38. The average molecular weight is 1370 g/mol. The van der Waals surface area contributed by atoms with Crippen molar-refractivity contribution in [2.24, 2.45) is 0 Å². The van der Waals surface area contributed by atoms with Gasteiger partial charge in [-0.15, -0.1) is 0 Å². The Kier molecular flexibility index (Phi) is 66.4. The number of esters is 4. The second-order valence-electron chi connectivity index (χ2n) is 25.6. The molecular formula is C75H138O17P2. The van der Waals surface area contributed by atoms with E-state index in [0.29, 0.717) is 25.7 Å². The van der Waals surface area contributed by atoms with Crippen molar-refractivity contribution in [2.45, 2.75) is 367 Å². The van der Waals surface area contributed by atoms with Crippen molar-refractivity contribution in [2.75, 3.05) is 39.6 Å². The number of hydrogen-bond donors (Lipinski definition) is 3. The van der Waals surface area contributed by atoms with Gasteiger partial charge in [-0.3, -0.25) is 37.3 Å². The Bertz CT molecular complexity index is 1980. The van der Waals surface area contributed by atoms with Crippen LogP contribution in [0.25, 0.3) is 0 Å². The molecule has 0 aromatic heterocycles. The topological polar surface area (TPSA) is 237 Å². The van der Waals surface area contributed by atoms with Crippen LogP contribution in [0, 0.1) is 0 Å². The summed E-state index contributed by atoms with van der Waals surface area (Å²) in [7, 11) is -9.93. The quantitative estimate of drug-likeness (QED) is 0.0169. The van der Waals surface area contributed by atoms with Crippen LogP contribution in [0.2, 0.25) is 0 Å². The molecule has 0 fully saturated rings. The minimum atomic E-state index is -4.97. The minimum absolute atomic E-state index is 0.0877. The van der Waals surface area contributed by atoms with Crippen molar-refractivity contribution in [3.63, 3.8) is 0 Å². The molecule has 0 aliphatic rings. The molecule has 5 atom stereocenters. The lowest BCUT2D eigenvalue weighted by atomic mass is 10.1. The summed E-state index contributed by atoms with van der Waals surface area (Å²) in [5.74, 6) is -2.18. The average Bonchev–Trinajstić information content (AvgIpc) is 2.42. The summed E-state index contributed by atoms with van der Waals surface area (Å²) in [5.41, 5.74) is 0. The number of carbonyl (C=O) groups is 4. The zero-order valence-corrected chi connectivity index (χ0v) is 61.7. The Morgan fingerprint density at radius 3 is 0.745 bits per heavy atom. The molecule has 0 aromatic rings. The first kappa shape index (κ1) is 91.0. The first-order valence-corrected chi connectivity index (χ1v) is 40.9. The van der Waals surface area contributed by atoms with Gasteiger partial charge in [0, 0.05) is 25.7 Å². The molecule has 17 nitrogen and oxygen atoms in total. The third-order valence-corrected chi connectivity index (χ3v) is 18.1. The van der Waals surface area contributed by atoms with Gasteiger partial charge in [0.15, 0.2) is 12.2 Å². The molecule has 3 N–H and O–H groups in total. The van der Waals surface area contributed by atoms with Gasteiger partial charge in [-0.2, -0.15) is 0 Å². The largest absolute Gasteiger partial charge is 0.472 e. The number of carbonyl (C=O) groups excluding carboxylic acids is 4. The second kappa shape index (κ2) is 68.5. The zero-order valence-electron chi connectivity index (χ0n) is 59.9. The van der Waals surface area contributed by atoms with Crippen LogP contribution in [0.5, 0.6) is 0 Å². The summed E-state index contributed by atoms with van der Waals surface area (Å²) in [6, 6.07) is 0. The fraction of sp³-hybridized carbons (Fsp3) is 0.840. The third-order valence-electron chi connectivity index (χ3n) is 16.2. The number of phosphoric ester groups is 2. The number of aliphatic hydroxyl groups excluding tert-OH is 1. The van der Waals surface area contributed by atoms with Crippen molar-refractivity contribution < 1.29 is 80.2 Å². The summed E-state index contributed by atoms with van der Waals surface area (Å²) in [6.07, 6.45) is 63.9. The lowest BCUT2D eigenvalue weighted by molar-refractivity contribution is -0.161. The molecule has 0 bridgehead atoms. The van der Waals surface area contributed by atoms with Crippen LogP contribution in [0.15, 0.2) is 48.6 Å². The SMILES string of the molecule is CCCCCC/C=C\CCCCCCCC(=O)OCC(COP(=O)(O)OCC(O)COP(=O)(O)OCC(COC(=O)CCCCCCC/C=C\CCCCCC)OC(=O)CCCCCCC/C=C\CCCCCCCC)OC(=O)CCCCCCC/C=C\CCCCCC. The highest BCUT2D eigenvalue weighted by Crippen LogP contribution is 2.45. The molecule has 0 aliphatic carbocycles. The van der Waals surface area contributed by atoms with Crippen molar-refractivity contribution in [3.8, 4) is 0 Å². The predicted molar refractivity (Wildman–Crippen MR) is 381 cm³/mol. The number of phosphoric acid groups is 2. The van der Waals surface area contributed by atoms with Crippen molar-refractivity contribution >= 4 is 39.5 Å². The normalized spacial score (nSPS) is 14.2. The Hall–Kier alpha value is -2.98. The van der Waals surface area contributed by atoms with Gasteiger partial charge >= 0.3 is 39.5 Å². The molecule has 0 amide bonds.